The Labute approximate surface area is 243 Å². The standard InChI is InChI=1S/C33H30N2O5S/c1-4-39-29-17-23(13-15-28(29)40-20-25-10-7-9-24-8-5-6-11-27(24)25)18-30-32(37)35(33(38)41-30)19-31(36)34-26-14-12-21(2)22(3)16-26/h5-18H,4,19-20H2,1-3H3,(H,34,36)/b30-18+. The lowest BCUT2D eigenvalue weighted by Gasteiger charge is -2.14. The number of aryl methyl sites for hydroxylation is 2. The van der Waals surface area contributed by atoms with E-state index in [9.17, 15) is 14.4 Å². The summed E-state index contributed by atoms with van der Waals surface area (Å²) >= 11 is 0.808. The Morgan fingerprint density at radius 3 is 2.51 bits per heavy atom. The van der Waals surface area contributed by atoms with Crippen LogP contribution in [0.15, 0.2) is 83.8 Å². The van der Waals surface area contributed by atoms with Crippen molar-refractivity contribution < 1.29 is 23.9 Å². The van der Waals surface area contributed by atoms with Gasteiger partial charge >= 0.3 is 0 Å². The van der Waals surface area contributed by atoms with E-state index < -0.39 is 17.1 Å². The van der Waals surface area contributed by atoms with Crippen LogP contribution in [0.25, 0.3) is 16.8 Å². The van der Waals surface area contributed by atoms with Crippen molar-refractivity contribution in [1.82, 2.24) is 4.90 Å². The van der Waals surface area contributed by atoms with Crippen molar-refractivity contribution in [1.29, 1.82) is 0 Å². The maximum absolute atomic E-state index is 13.0. The van der Waals surface area contributed by atoms with Gasteiger partial charge in [-0.3, -0.25) is 19.3 Å². The predicted molar refractivity (Wildman–Crippen MR) is 163 cm³/mol. The fraction of sp³-hybridized carbons (Fsp3) is 0.182. The van der Waals surface area contributed by atoms with Crippen LogP contribution in [-0.2, 0) is 16.2 Å². The lowest BCUT2D eigenvalue weighted by Crippen LogP contribution is -2.36. The van der Waals surface area contributed by atoms with Gasteiger partial charge in [-0.25, -0.2) is 0 Å². The highest BCUT2D eigenvalue weighted by Gasteiger charge is 2.36. The number of amides is 3. The second-order valence-electron chi connectivity index (χ2n) is 9.68. The Bertz CT molecular complexity index is 1670. The monoisotopic (exact) mass is 566 g/mol. The van der Waals surface area contributed by atoms with Gasteiger partial charge in [0.1, 0.15) is 13.2 Å². The van der Waals surface area contributed by atoms with Gasteiger partial charge in [0.15, 0.2) is 11.5 Å². The summed E-state index contributed by atoms with van der Waals surface area (Å²) in [6.45, 7) is 6.25. The number of nitrogens with zero attached hydrogens (tertiary/aromatic N) is 1. The number of ether oxygens (including phenoxy) is 2. The van der Waals surface area contributed by atoms with Gasteiger partial charge < -0.3 is 14.8 Å². The summed E-state index contributed by atoms with van der Waals surface area (Å²) in [6, 6.07) is 25.2. The summed E-state index contributed by atoms with van der Waals surface area (Å²) in [5, 5.41) is 4.54. The molecule has 1 heterocycles. The van der Waals surface area contributed by atoms with E-state index in [-0.39, 0.29) is 11.4 Å². The number of carbonyl (C=O) groups is 3. The number of rotatable bonds is 9. The van der Waals surface area contributed by atoms with Crippen LogP contribution in [0.4, 0.5) is 10.5 Å². The van der Waals surface area contributed by atoms with Crippen LogP contribution < -0.4 is 14.8 Å². The third kappa shape index (κ3) is 6.44. The van der Waals surface area contributed by atoms with Crippen LogP contribution in [-0.4, -0.2) is 35.1 Å². The van der Waals surface area contributed by atoms with E-state index in [1.807, 2.05) is 57.2 Å². The first kappa shape index (κ1) is 28.0. The number of imide groups is 1. The highest BCUT2D eigenvalue weighted by atomic mass is 32.2. The molecule has 1 N–H and O–H groups in total. The minimum absolute atomic E-state index is 0.237. The average molecular weight is 567 g/mol. The smallest absolute Gasteiger partial charge is 0.294 e. The first-order chi connectivity index (χ1) is 19.8. The molecular formula is C33H30N2O5S. The molecule has 0 atom stereocenters. The van der Waals surface area contributed by atoms with Gasteiger partial charge in [-0.2, -0.15) is 0 Å². The SMILES string of the molecule is CCOc1cc(/C=C2/SC(=O)N(CC(=O)Nc3ccc(C)c(C)c3)C2=O)ccc1OCc1cccc2ccccc12. The summed E-state index contributed by atoms with van der Waals surface area (Å²) < 4.78 is 12.0. The summed E-state index contributed by atoms with van der Waals surface area (Å²) in [7, 11) is 0. The van der Waals surface area contributed by atoms with Gasteiger partial charge in [-0.15, -0.1) is 0 Å². The third-order valence-corrected chi connectivity index (χ3v) is 7.70. The van der Waals surface area contributed by atoms with Gasteiger partial charge in [-0.05, 0) is 95.9 Å². The molecule has 3 amide bonds. The largest absolute Gasteiger partial charge is 0.490 e. The van der Waals surface area contributed by atoms with E-state index in [2.05, 4.69) is 23.5 Å². The topological polar surface area (TPSA) is 84.9 Å². The van der Waals surface area contributed by atoms with Crippen LogP contribution in [0.2, 0.25) is 0 Å². The lowest BCUT2D eigenvalue weighted by atomic mass is 10.1. The van der Waals surface area contributed by atoms with Crippen LogP contribution >= 0.6 is 11.8 Å². The minimum Gasteiger partial charge on any atom is -0.490 e. The van der Waals surface area contributed by atoms with Crippen LogP contribution in [0.3, 0.4) is 0 Å². The molecule has 8 heteroatoms. The summed E-state index contributed by atoms with van der Waals surface area (Å²) in [5.41, 5.74) is 4.50. The van der Waals surface area contributed by atoms with Crippen molar-refractivity contribution in [2.45, 2.75) is 27.4 Å². The van der Waals surface area contributed by atoms with Crippen LogP contribution in [0.1, 0.15) is 29.2 Å². The molecule has 4 aromatic carbocycles. The number of benzene rings is 4. The predicted octanol–water partition coefficient (Wildman–Crippen LogP) is 7.11. The Balaban J connectivity index is 1.28. The van der Waals surface area contributed by atoms with Crippen molar-refractivity contribution in [2.24, 2.45) is 0 Å². The molecule has 0 aliphatic carbocycles. The van der Waals surface area contributed by atoms with Crippen molar-refractivity contribution in [2.75, 3.05) is 18.5 Å². The van der Waals surface area contributed by atoms with Crippen molar-refractivity contribution >= 4 is 51.4 Å². The van der Waals surface area contributed by atoms with Gasteiger partial charge in [0.05, 0.1) is 11.5 Å². The third-order valence-electron chi connectivity index (χ3n) is 6.79. The lowest BCUT2D eigenvalue weighted by molar-refractivity contribution is -0.127. The molecule has 4 aromatic rings. The molecular weight excluding hydrogens is 536 g/mol. The van der Waals surface area contributed by atoms with Gasteiger partial charge in [0.2, 0.25) is 5.91 Å². The van der Waals surface area contributed by atoms with E-state index in [0.717, 1.165) is 44.1 Å². The zero-order valence-corrected chi connectivity index (χ0v) is 23.9. The second kappa shape index (κ2) is 12.3. The molecule has 0 radical (unpaired) electrons. The first-order valence-electron chi connectivity index (χ1n) is 13.3. The zero-order valence-electron chi connectivity index (χ0n) is 23.1. The molecule has 208 valence electrons. The Kier molecular flexibility index (Phi) is 8.40. The summed E-state index contributed by atoms with van der Waals surface area (Å²) in [6.07, 6.45) is 1.63. The van der Waals surface area contributed by atoms with Crippen LogP contribution in [0, 0.1) is 13.8 Å². The molecule has 1 aliphatic rings. The maximum Gasteiger partial charge on any atom is 0.294 e. The Morgan fingerprint density at radius 1 is 0.902 bits per heavy atom. The number of carbonyl (C=O) groups excluding carboxylic acids is 3. The average Bonchev–Trinajstić information content (AvgIpc) is 3.22. The zero-order chi connectivity index (χ0) is 28.9. The molecule has 0 spiro atoms. The quantitative estimate of drug-likeness (QED) is 0.217. The molecule has 0 aromatic heterocycles. The van der Waals surface area contributed by atoms with Crippen molar-refractivity contribution in [3.63, 3.8) is 0 Å². The van der Waals surface area contributed by atoms with E-state index >= 15 is 0 Å². The van der Waals surface area contributed by atoms with Gasteiger partial charge in [-0.1, -0.05) is 54.6 Å². The Hall–Kier alpha value is -4.56. The number of anilines is 1. The summed E-state index contributed by atoms with van der Waals surface area (Å²) in [5.74, 6) is 0.161. The molecule has 0 bridgehead atoms. The first-order valence-corrected chi connectivity index (χ1v) is 14.1. The fourth-order valence-electron chi connectivity index (χ4n) is 4.53. The molecule has 7 nitrogen and oxygen atoms in total. The second-order valence-corrected chi connectivity index (χ2v) is 10.7. The molecule has 5 rings (SSSR count). The fourth-order valence-corrected chi connectivity index (χ4v) is 5.37. The number of hydrogen-bond acceptors (Lipinski definition) is 6. The maximum atomic E-state index is 13.0. The number of fused-ring (bicyclic) bond motifs is 1. The molecule has 41 heavy (non-hydrogen) atoms. The van der Waals surface area contributed by atoms with Crippen LogP contribution in [0.5, 0.6) is 11.5 Å². The van der Waals surface area contributed by atoms with E-state index in [1.165, 1.54) is 0 Å². The highest BCUT2D eigenvalue weighted by molar-refractivity contribution is 8.18. The minimum atomic E-state index is -0.510. The van der Waals surface area contributed by atoms with Gasteiger partial charge in [0.25, 0.3) is 11.1 Å². The number of thioether (sulfide) groups is 1. The highest BCUT2D eigenvalue weighted by Crippen LogP contribution is 2.35. The van der Waals surface area contributed by atoms with E-state index in [4.69, 9.17) is 9.47 Å². The van der Waals surface area contributed by atoms with E-state index in [1.54, 1.807) is 30.3 Å². The molecule has 1 aliphatic heterocycles. The molecule has 1 saturated heterocycles. The molecule has 0 saturated carbocycles. The molecule has 1 fully saturated rings. The number of nitrogens with one attached hydrogen (secondary N) is 1. The Morgan fingerprint density at radius 2 is 1.71 bits per heavy atom. The normalized spacial score (nSPS) is 14.1. The van der Waals surface area contributed by atoms with Gasteiger partial charge in [0, 0.05) is 5.69 Å². The molecule has 0 unspecified atom stereocenters. The number of hydrogen-bond donors (Lipinski definition) is 1. The van der Waals surface area contributed by atoms with Crippen molar-refractivity contribution in [3.8, 4) is 11.5 Å². The van der Waals surface area contributed by atoms with Crippen molar-refractivity contribution in [3.05, 3.63) is 106 Å². The van der Waals surface area contributed by atoms with E-state index in [0.29, 0.717) is 36.0 Å². The summed E-state index contributed by atoms with van der Waals surface area (Å²) in [4.78, 5) is 39.4.